The molecule has 0 atom stereocenters. The van der Waals surface area contributed by atoms with E-state index in [-0.39, 0.29) is 11.2 Å². The first-order valence-corrected chi connectivity index (χ1v) is 7.08. The van der Waals surface area contributed by atoms with Gasteiger partial charge in [0.25, 0.3) is 0 Å². The molecular weight excluding hydrogens is 280 g/mol. The Kier molecular flexibility index (Phi) is 4.50. The van der Waals surface area contributed by atoms with Crippen molar-refractivity contribution in [2.24, 2.45) is 0 Å². The zero-order valence-corrected chi connectivity index (χ0v) is 13.6. The lowest BCUT2D eigenvalue weighted by atomic mass is 9.86. The number of hydrogen-bond acceptors (Lipinski definition) is 4. The Labute approximate surface area is 131 Å². The molecule has 4 nitrogen and oxygen atoms in total. The zero-order valence-electron chi connectivity index (χ0n) is 13.6. The van der Waals surface area contributed by atoms with E-state index >= 15 is 0 Å². The van der Waals surface area contributed by atoms with Crippen molar-refractivity contribution in [2.45, 2.75) is 26.2 Å². The summed E-state index contributed by atoms with van der Waals surface area (Å²) in [6.45, 7) is 6.08. The molecular formula is C18H22O4. The van der Waals surface area contributed by atoms with Gasteiger partial charge in [0.05, 0.1) is 14.2 Å². The van der Waals surface area contributed by atoms with E-state index in [1.165, 1.54) is 0 Å². The Hall–Kier alpha value is -2.36. The average Bonchev–Trinajstić information content (AvgIpc) is 2.49. The molecule has 0 saturated carbocycles. The van der Waals surface area contributed by atoms with Crippen molar-refractivity contribution in [3.63, 3.8) is 0 Å². The van der Waals surface area contributed by atoms with Gasteiger partial charge in [0, 0.05) is 11.6 Å². The summed E-state index contributed by atoms with van der Waals surface area (Å²) in [6.07, 6.45) is 0. The monoisotopic (exact) mass is 302 g/mol. The first-order chi connectivity index (χ1) is 10.3. The molecule has 0 heterocycles. The van der Waals surface area contributed by atoms with Crippen LogP contribution in [0.1, 0.15) is 26.3 Å². The molecule has 0 amide bonds. The maximum absolute atomic E-state index is 10.5. The molecule has 0 unspecified atom stereocenters. The Morgan fingerprint density at radius 2 is 1.36 bits per heavy atom. The van der Waals surface area contributed by atoms with E-state index in [2.05, 4.69) is 0 Å². The molecule has 0 bridgehead atoms. The summed E-state index contributed by atoms with van der Waals surface area (Å²) in [5.74, 6) is 2.51. The van der Waals surface area contributed by atoms with Gasteiger partial charge in [-0.25, -0.2) is 0 Å². The second kappa shape index (κ2) is 6.18. The van der Waals surface area contributed by atoms with Gasteiger partial charge in [0.1, 0.15) is 17.2 Å². The van der Waals surface area contributed by atoms with Crippen LogP contribution in [0.3, 0.4) is 0 Å². The van der Waals surface area contributed by atoms with E-state index in [4.69, 9.17) is 14.2 Å². The minimum atomic E-state index is -0.226. The molecule has 1 N–H and O–H groups in total. The summed E-state index contributed by atoms with van der Waals surface area (Å²) in [4.78, 5) is 0. The third-order valence-electron chi connectivity index (χ3n) is 3.38. The van der Waals surface area contributed by atoms with Gasteiger partial charge >= 0.3 is 0 Å². The molecule has 22 heavy (non-hydrogen) atoms. The lowest BCUT2D eigenvalue weighted by Crippen LogP contribution is -2.12. The molecule has 118 valence electrons. The standard InChI is InChI=1S/C18H22O4/c1-18(2,3)15-10-14(21-5)11-16(17(15)19)22-13-8-6-12(20-4)7-9-13/h6-11,19H,1-5H3. The fourth-order valence-corrected chi connectivity index (χ4v) is 2.12. The Morgan fingerprint density at radius 1 is 0.818 bits per heavy atom. The van der Waals surface area contributed by atoms with Crippen molar-refractivity contribution < 1.29 is 19.3 Å². The van der Waals surface area contributed by atoms with Gasteiger partial charge in [0.2, 0.25) is 0 Å². The molecule has 0 aromatic heterocycles. The minimum Gasteiger partial charge on any atom is -0.504 e. The highest BCUT2D eigenvalue weighted by atomic mass is 16.5. The molecule has 0 aliphatic carbocycles. The molecule has 0 fully saturated rings. The van der Waals surface area contributed by atoms with Crippen molar-refractivity contribution >= 4 is 0 Å². The normalized spacial score (nSPS) is 11.1. The second-order valence-corrected chi connectivity index (χ2v) is 6.05. The van der Waals surface area contributed by atoms with Crippen molar-refractivity contribution in [1.29, 1.82) is 0 Å². The third kappa shape index (κ3) is 3.45. The molecule has 0 spiro atoms. The SMILES string of the molecule is COc1ccc(Oc2cc(OC)cc(C(C)(C)C)c2O)cc1. The number of ether oxygens (including phenoxy) is 3. The van der Waals surface area contributed by atoms with Gasteiger partial charge in [-0.3, -0.25) is 0 Å². The summed E-state index contributed by atoms with van der Waals surface area (Å²) < 4.78 is 16.2. The van der Waals surface area contributed by atoms with E-state index in [1.54, 1.807) is 44.6 Å². The van der Waals surface area contributed by atoms with Crippen molar-refractivity contribution in [2.75, 3.05) is 14.2 Å². The number of hydrogen-bond donors (Lipinski definition) is 1. The fraction of sp³-hybridized carbons (Fsp3) is 0.333. The molecule has 0 aliphatic heterocycles. The predicted molar refractivity (Wildman–Crippen MR) is 86.4 cm³/mol. The van der Waals surface area contributed by atoms with Crippen LogP contribution in [0.2, 0.25) is 0 Å². The second-order valence-electron chi connectivity index (χ2n) is 6.05. The van der Waals surface area contributed by atoms with E-state index < -0.39 is 0 Å². The molecule has 4 heteroatoms. The van der Waals surface area contributed by atoms with Crippen molar-refractivity contribution in [1.82, 2.24) is 0 Å². The lowest BCUT2D eigenvalue weighted by molar-refractivity contribution is 0.378. The maximum atomic E-state index is 10.5. The maximum Gasteiger partial charge on any atom is 0.173 e. The number of rotatable bonds is 4. The number of benzene rings is 2. The molecule has 2 aromatic carbocycles. The quantitative estimate of drug-likeness (QED) is 0.903. The van der Waals surface area contributed by atoms with Gasteiger partial charge in [-0.2, -0.15) is 0 Å². The van der Waals surface area contributed by atoms with E-state index in [0.717, 1.165) is 11.3 Å². The van der Waals surface area contributed by atoms with Crippen LogP contribution in [0.15, 0.2) is 36.4 Å². The number of methoxy groups -OCH3 is 2. The number of phenols is 1. The number of aromatic hydroxyl groups is 1. The minimum absolute atomic E-state index is 0.129. The van der Waals surface area contributed by atoms with Gasteiger partial charge in [-0.15, -0.1) is 0 Å². The topological polar surface area (TPSA) is 47.9 Å². The molecule has 2 aromatic rings. The van der Waals surface area contributed by atoms with Gasteiger partial charge in [-0.1, -0.05) is 20.8 Å². The highest BCUT2D eigenvalue weighted by Gasteiger charge is 2.22. The van der Waals surface area contributed by atoms with E-state index in [9.17, 15) is 5.11 Å². The average molecular weight is 302 g/mol. The summed E-state index contributed by atoms with van der Waals surface area (Å²) >= 11 is 0. The van der Waals surface area contributed by atoms with Crippen LogP contribution in [0.4, 0.5) is 0 Å². The van der Waals surface area contributed by atoms with E-state index in [1.807, 2.05) is 26.8 Å². The van der Waals surface area contributed by atoms with Crippen LogP contribution in [-0.2, 0) is 5.41 Å². The fourth-order valence-electron chi connectivity index (χ4n) is 2.12. The Balaban J connectivity index is 2.40. The Bertz CT molecular complexity index is 639. The zero-order chi connectivity index (χ0) is 16.3. The third-order valence-corrected chi connectivity index (χ3v) is 3.38. The van der Waals surface area contributed by atoms with Crippen LogP contribution in [0.5, 0.6) is 28.7 Å². The first-order valence-electron chi connectivity index (χ1n) is 7.08. The van der Waals surface area contributed by atoms with Crippen molar-refractivity contribution in [3.8, 4) is 28.7 Å². The van der Waals surface area contributed by atoms with Crippen LogP contribution in [-0.4, -0.2) is 19.3 Å². The van der Waals surface area contributed by atoms with Crippen LogP contribution < -0.4 is 14.2 Å². The number of phenolic OH excluding ortho intramolecular Hbond substituents is 1. The summed E-state index contributed by atoms with van der Waals surface area (Å²) in [6, 6.07) is 10.7. The molecule has 2 rings (SSSR count). The van der Waals surface area contributed by atoms with Crippen LogP contribution in [0.25, 0.3) is 0 Å². The summed E-state index contributed by atoms with van der Waals surface area (Å²) in [7, 11) is 3.20. The largest absolute Gasteiger partial charge is 0.504 e. The molecule has 0 aliphatic rings. The van der Waals surface area contributed by atoms with Crippen molar-refractivity contribution in [3.05, 3.63) is 42.0 Å². The summed E-state index contributed by atoms with van der Waals surface area (Å²) in [5, 5.41) is 10.5. The highest BCUT2D eigenvalue weighted by molar-refractivity contribution is 5.54. The first kappa shape index (κ1) is 16.0. The Morgan fingerprint density at radius 3 is 1.86 bits per heavy atom. The molecule has 0 saturated heterocycles. The smallest absolute Gasteiger partial charge is 0.173 e. The van der Waals surface area contributed by atoms with Crippen LogP contribution in [0, 0.1) is 0 Å². The molecule has 0 radical (unpaired) electrons. The lowest BCUT2D eigenvalue weighted by Gasteiger charge is -2.23. The predicted octanol–water partition coefficient (Wildman–Crippen LogP) is 4.50. The van der Waals surface area contributed by atoms with Gasteiger partial charge < -0.3 is 19.3 Å². The summed E-state index contributed by atoms with van der Waals surface area (Å²) in [5.41, 5.74) is 0.548. The van der Waals surface area contributed by atoms with Crippen LogP contribution >= 0.6 is 0 Å². The van der Waals surface area contributed by atoms with Gasteiger partial charge in [0.15, 0.2) is 11.5 Å². The highest BCUT2D eigenvalue weighted by Crippen LogP contribution is 2.42. The van der Waals surface area contributed by atoms with E-state index in [0.29, 0.717) is 17.2 Å². The van der Waals surface area contributed by atoms with Gasteiger partial charge in [-0.05, 0) is 35.7 Å².